The van der Waals surface area contributed by atoms with Gasteiger partial charge >= 0.3 is 5.97 Å². The zero-order valence-electron chi connectivity index (χ0n) is 14.8. The average molecular weight is 379 g/mol. The van der Waals surface area contributed by atoms with Crippen molar-refractivity contribution in [2.24, 2.45) is 0 Å². The number of hydrogen-bond acceptors (Lipinski definition) is 6. The van der Waals surface area contributed by atoms with Gasteiger partial charge in [0.05, 0.1) is 24.0 Å². The first-order valence-electron chi connectivity index (χ1n) is 8.03. The Kier molecular flexibility index (Phi) is 7.01. The first-order chi connectivity index (χ1) is 11.9. The topological polar surface area (TPSA) is 68.3 Å². The summed E-state index contributed by atoms with van der Waals surface area (Å²) in [6, 6.07) is 5.93. The number of benzene rings is 1. The summed E-state index contributed by atoms with van der Waals surface area (Å²) in [7, 11) is 0. The summed E-state index contributed by atoms with van der Waals surface area (Å²) in [5.41, 5.74) is 3.70. The minimum atomic E-state index is -0.290. The fourth-order valence-corrected chi connectivity index (χ4v) is 4.16. The molecule has 1 N–H and O–H groups in total. The van der Waals surface area contributed by atoms with Crippen LogP contribution in [0.25, 0.3) is 0 Å². The molecule has 1 amide bonds. The van der Waals surface area contributed by atoms with Gasteiger partial charge in [0.25, 0.3) is 0 Å². The molecule has 7 heteroatoms. The Morgan fingerprint density at radius 2 is 2.12 bits per heavy atom. The van der Waals surface area contributed by atoms with E-state index in [9.17, 15) is 9.59 Å². The molecule has 0 bridgehead atoms. The van der Waals surface area contributed by atoms with Crippen molar-refractivity contribution in [3.8, 4) is 0 Å². The van der Waals surface area contributed by atoms with Crippen LogP contribution in [-0.4, -0.2) is 28.7 Å². The number of ether oxygens (including phenoxy) is 1. The predicted molar refractivity (Wildman–Crippen MR) is 102 cm³/mol. The van der Waals surface area contributed by atoms with Crippen molar-refractivity contribution in [3.05, 3.63) is 40.4 Å². The molecule has 0 fully saturated rings. The molecule has 134 valence electrons. The molecule has 0 unspecified atom stereocenters. The lowest BCUT2D eigenvalue weighted by molar-refractivity contribution is -0.142. The smallest absolute Gasteiger partial charge is 0.311 e. The Balaban J connectivity index is 1.92. The third-order valence-corrected chi connectivity index (χ3v) is 5.57. The van der Waals surface area contributed by atoms with Gasteiger partial charge in [0.1, 0.15) is 0 Å². The standard InChI is InChI=1S/C18H22N2O3S2/c1-5-23-16(21)9-14-10-24-18(19-14)25-13(4)17(22)20-15-7-6-11(2)8-12(15)3/h6-8,10,13H,5,9H2,1-4H3,(H,20,22)/t13-/m1/s1. The van der Waals surface area contributed by atoms with E-state index in [4.69, 9.17) is 4.74 Å². The van der Waals surface area contributed by atoms with Crippen molar-refractivity contribution in [2.75, 3.05) is 11.9 Å². The second kappa shape index (κ2) is 9.01. The van der Waals surface area contributed by atoms with E-state index in [1.807, 2.05) is 44.4 Å². The average Bonchev–Trinajstić information content (AvgIpc) is 2.97. The minimum absolute atomic E-state index is 0.0703. The lowest BCUT2D eigenvalue weighted by atomic mass is 10.1. The van der Waals surface area contributed by atoms with Gasteiger partial charge in [-0.05, 0) is 39.3 Å². The molecule has 0 saturated carbocycles. The number of nitrogens with one attached hydrogen (secondary N) is 1. The molecule has 1 atom stereocenters. The Labute approximate surface area is 156 Å². The maximum Gasteiger partial charge on any atom is 0.311 e. The monoisotopic (exact) mass is 378 g/mol. The van der Waals surface area contributed by atoms with Gasteiger partial charge in [-0.1, -0.05) is 29.5 Å². The van der Waals surface area contributed by atoms with Gasteiger partial charge in [0, 0.05) is 11.1 Å². The van der Waals surface area contributed by atoms with E-state index in [1.54, 1.807) is 6.92 Å². The van der Waals surface area contributed by atoms with Crippen molar-refractivity contribution in [2.45, 2.75) is 43.7 Å². The number of thiazole rings is 1. The third-order valence-electron chi connectivity index (χ3n) is 3.45. The molecule has 2 aromatic rings. The summed E-state index contributed by atoms with van der Waals surface area (Å²) in [4.78, 5) is 28.3. The van der Waals surface area contributed by atoms with Crippen LogP contribution in [0.5, 0.6) is 0 Å². The highest BCUT2D eigenvalue weighted by molar-refractivity contribution is 8.02. The van der Waals surface area contributed by atoms with Gasteiger partial charge < -0.3 is 10.1 Å². The number of aryl methyl sites for hydroxylation is 2. The van der Waals surface area contributed by atoms with Crippen molar-refractivity contribution >= 4 is 40.7 Å². The van der Waals surface area contributed by atoms with E-state index in [-0.39, 0.29) is 23.5 Å². The van der Waals surface area contributed by atoms with Gasteiger partial charge in [-0.15, -0.1) is 11.3 Å². The van der Waals surface area contributed by atoms with Crippen LogP contribution in [0.3, 0.4) is 0 Å². The summed E-state index contributed by atoms with van der Waals surface area (Å²) in [5.74, 6) is -0.357. The van der Waals surface area contributed by atoms with Crippen molar-refractivity contribution < 1.29 is 14.3 Å². The van der Waals surface area contributed by atoms with Crippen molar-refractivity contribution in [3.63, 3.8) is 0 Å². The highest BCUT2D eigenvalue weighted by Crippen LogP contribution is 2.28. The fraction of sp³-hybridized carbons (Fsp3) is 0.389. The largest absolute Gasteiger partial charge is 0.466 e. The molecular formula is C18H22N2O3S2. The number of rotatable bonds is 7. The fourth-order valence-electron chi connectivity index (χ4n) is 2.18. The lowest BCUT2D eigenvalue weighted by Crippen LogP contribution is -2.22. The highest BCUT2D eigenvalue weighted by Gasteiger charge is 2.18. The third kappa shape index (κ3) is 5.86. The van der Waals surface area contributed by atoms with E-state index >= 15 is 0 Å². The summed E-state index contributed by atoms with van der Waals surface area (Å²) in [5, 5.41) is 4.49. The first kappa shape index (κ1) is 19.5. The van der Waals surface area contributed by atoms with Crippen molar-refractivity contribution in [1.29, 1.82) is 0 Å². The van der Waals surface area contributed by atoms with E-state index in [0.29, 0.717) is 12.3 Å². The maximum absolute atomic E-state index is 12.4. The number of carbonyl (C=O) groups excluding carboxylic acids is 2. The van der Waals surface area contributed by atoms with E-state index in [1.165, 1.54) is 23.1 Å². The molecule has 1 aromatic heterocycles. The SMILES string of the molecule is CCOC(=O)Cc1csc(S[C@H](C)C(=O)Nc2ccc(C)cc2C)n1. The summed E-state index contributed by atoms with van der Waals surface area (Å²) < 4.78 is 5.68. The van der Waals surface area contributed by atoms with E-state index in [0.717, 1.165) is 21.2 Å². The number of amides is 1. The van der Waals surface area contributed by atoms with Crippen molar-refractivity contribution in [1.82, 2.24) is 4.98 Å². The molecule has 0 radical (unpaired) electrons. The number of anilines is 1. The minimum Gasteiger partial charge on any atom is -0.466 e. The summed E-state index contributed by atoms with van der Waals surface area (Å²) >= 11 is 2.82. The second-order valence-corrected chi connectivity index (χ2v) is 8.10. The Morgan fingerprint density at radius 1 is 1.36 bits per heavy atom. The predicted octanol–water partition coefficient (Wildman–Crippen LogP) is 3.98. The number of aromatic nitrogens is 1. The van der Waals surface area contributed by atoms with Gasteiger partial charge in [-0.25, -0.2) is 4.98 Å². The van der Waals surface area contributed by atoms with Gasteiger partial charge in [-0.3, -0.25) is 9.59 Å². The highest BCUT2D eigenvalue weighted by atomic mass is 32.2. The summed E-state index contributed by atoms with van der Waals surface area (Å²) in [6.45, 7) is 7.97. The zero-order valence-corrected chi connectivity index (χ0v) is 16.4. The number of nitrogens with zero attached hydrogens (tertiary/aromatic N) is 1. The molecule has 2 rings (SSSR count). The van der Waals surface area contributed by atoms with E-state index in [2.05, 4.69) is 10.3 Å². The molecule has 25 heavy (non-hydrogen) atoms. The molecule has 1 heterocycles. The van der Waals surface area contributed by atoms with Gasteiger partial charge in [0.15, 0.2) is 4.34 Å². The Morgan fingerprint density at radius 3 is 2.80 bits per heavy atom. The molecular weight excluding hydrogens is 356 g/mol. The molecule has 0 aliphatic carbocycles. The summed E-state index contributed by atoms with van der Waals surface area (Å²) in [6.07, 6.45) is 0.161. The van der Waals surface area contributed by atoms with Crippen LogP contribution < -0.4 is 5.32 Å². The molecule has 5 nitrogen and oxygen atoms in total. The van der Waals surface area contributed by atoms with Crippen LogP contribution in [0.2, 0.25) is 0 Å². The van der Waals surface area contributed by atoms with E-state index < -0.39 is 0 Å². The Bertz CT molecular complexity index is 759. The van der Waals surface area contributed by atoms with Crippen LogP contribution in [0.4, 0.5) is 5.69 Å². The van der Waals surface area contributed by atoms with Gasteiger partial charge in [-0.2, -0.15) is 0 Å². The van der Waals surface area contributed by atoms with Crippen LogP contribution in [0.1, 0.15) is 30.7 Å². The number of hydrogen-bond donors (Lipinski definition) is 1. The van der Waals surface area contributed by atoms with Crippen LogP contribution >= 0.6 is 23.1 Å². The molecule has 1 aromatic carbocycles. The number of esters is 1. The van der Waals surface area contributed by atoms with Crippen LogP contribution in [0, 0.1) is 13.8 Å². The van der Waals surface area contributed by atoms with Crippen LogP contribution in [0.15, 0.2) is 27.9 Å². The lowest BCUT2D eigenvalue weighted by Gasteiger charge is -2.12. The van der Waals surface area contributed by atoms with Crippen LogP contribution in [-0.2, 0) is 20.7 Å². The Hall–Kier alpha value is -1.86. The normalized spacial score (nSPS) is 11.8. The second-order valence-electron chi connectivity index (χ2n) is 5.65. The number of thioether (sulfide) groups is 1. The molecule has 0 aliphatic rings. The zero-order chi connectivity index (χ0) is 18.4. The molecule has 0 spiro atoms. The quantitative estimate of drug-likeness (QED) is 0.583. The number of carbonyl (C=O) groups is 2. The van der Waals surface area contributed by atoms with Gasteiger partial charge in [0.2, 0.25) is 5.91 Å². The first-order valence-corrected chi connectivity index (χ1v) is 9.79. The maximum atomic E-state index is 12.4. The molecule has 0 aliphatic heterocycles. The molecule has 0 saturated heterocycles.